The smallest absolute Gasteiger partial charge is 0.0438 e. The highest BCUT2D eigenvalue weighted by molar-refractivity contribution is 4.64. The maximum absolute atomic E-state index is 2.43. The van der Waals surface area contributed by atoms with E-state index in [0.717, 1.165) is 23.7 Å². The van der Waals surface area contributed by atoms with Crippen LogP contribution in [0.1, 0.15) is 73.6 Å². The molecule has 0 aromatic carbocycles. The minimum Gasteiger partial charge on any atom is -0.0654 e. The molecule has 0 aliphatic rings. The van der Waals surface area contributed by atoms with E-state index in [1.807, 2.05) is 0 Å². The summed E-state index contributed by atoms with van der Waals surface area (Å²) >= 11 is 0. The lowest BCUT2D eigenvalue weighted by Gasteiger charge is -2.21. The van der Waals surface area contributed by atoms with Crippen molar-refractivity contribution in [3.8, 4) is 0 Å². The van der Waals surface area contributed by atoms with Gasteiger partial charge in [-0.3, -0.25) is 0 Å². The predicted molar refractivity (Wildman–Crippen MR) is 71.1 cm³/mol. The van der Waals surface area contributed by atoms with E-state index >= 15 is 0 Å². The lowest BCUT2D eigenvalue weighted by atomic mass is 9.85. The summed E-state index contributed by atoms with van der Waals surface area (Å²) in [6, 6.07) is 0. The standard InChI is InChI=1S/C15H32/c1-7-8-13(4)10-15(6)11-14(5)9-12(2)3/h12-15H,7-11H2,1-6H3. The molecule has 0 spiro atoms. The Morgan fingerprint density at radius 2 is 1.13 bits per heavy atom. The lowest BCUT2D eigenvalue weighted by molar-refractivity contribution is 0.306. The topological polar surface area (TPSA) is 0 Å². The van der Waals surface area contributed by atoms with Gasteiger partial charge in [0.15, 0.2) is 0 Å². The second kappa shape index (κ2) is 8.19. The molecule has 3 atom stereocenters. The Kier molecular flexibility index (Phi) is 8.19. The van der Waals surface area contributed by atoms with Gasteiger partial charge < -0.3 is 0 Å². The average molecular weight is 212 g/mol. The fourth-order valence-corrected chi connectivity index (χ4v) is 2.98. The molecule has 0 fully saturated rings. The highest BCUT2D eigenvalue weighted by atomic mass is 14.2. The van der Waals surface area contributed by atoms with E-state index in [4.69, 9.17) is 0 Å². The Bertz CT molecular complexity index is 137. The second-order valence-corrected chi connectivity index (χ2v) is 6.21. The van der Waals surface area contributed by atoms with Crippen molar-refractivity contribution in [1.82, 2.24) is 0 Å². The summed E-state index contributed by atoms with van der Waals surface area (Å²) < 4.78 is 0. The van der Waals surface area contributed by atoms with Gasteiger partial charge in [-0.15, -0.1) is 0 Å². The van der Waals surface area contributed by atoms with Gasteiger partial charge in [-0.1, -0.05) is 54.4 Å². The first-order valence-corrected chi connectivity index (χ1v) is 6.95. The van der Waals surface area contributed by atoms with Gasteiger partial charge >= 0.3 is 0 Å². The van der Waals surface area contributed by atoms with Crippen molar-refractivity contribution in [3.05, 3.63) is 0 Å². The lowest BCUT2D eigenvalue weighted by Crippen LogP contribution is -2.09. The molecule has 0 aromatic heterocycles. The molecule has 0 aliphatic heterocycles. The zero-order valence-electron chi connectivity index (χ0n) is 11.8. The minimum absolute atomic E-state index is 0.861. The fourth-order valence-electron chi connectivity index (χ4n) is 2.98. The molecule has 0 aliphatic carbocycles. The summed E-state index contributed by atoms with van der Waals surface area (Å²) in [6.45, 7) is 14.2. The van der Waals surface area contributed by atoms with Crippen LogP contribution in [0.5, 0.6) is 0 Å². The van der Waals surface area contributed by atoms with E-state index in [0.29, 0.717) is 0 Å². The van der Waals surface area contributed by atoms with Crippen LogP contribution >= 0.6 is 0 Å². The van der Waals surface area contributed by atoms with Crippen LogP contribution in [0.3, 0.4) is 0 Å². The van der Waals surface area contributed by atoms with Crippen molar-refractivity contribution in [2.24, 2.45) is 23.7 Å². The molecule has 0 heteroatoms. The molecule has 15 heavy (non-hydrogen) atoms. The summed E-state index contributed by atoms with van der Waals surface area (Å²) in [5.74, 6) is 3.62. The molecule has 0 radical (unpaired) electrons. The zero-order valence-corrected chi connectivity index (χ0v) is 11.8. The molecular formula is C15H32. The van der Waals surface area contributed by atoms with Crippen LogP contribution in [-0.2, 0) is 0 Å². The highest BCUT2D eigenvalue weighted by Crippen LogP contribution is 2.25. The van der Waals surface area contributed by atoms with E-state index in [9.17, 15) is 0 Å². The van der Waals surface area contributed by atoms with Crippen LogP contribution in [0.15, 0.2) is 0 Å². The van der Waals surface area contributed by atoms with Crippen molar-refractivity contribution >= 4 is 0 Å². The Morgan fingerprint density at radius 1 is 0.667 bits per heavy atom. The molecule has 0 amide bonds. The van der Waals surface area contributed by atoms with Gasteiger partial charge in [-0.25, -0.2) is 0 Å². The van der Waals surface area contributed by atoms with Crippen LogP contribution in [0.25, 0.3) is 0 Å². The van der Waals surface area contributed by atoms with E-state index in [1.165, 1.54) is 32.1 Å². The summed E-state index contributed by atoms with van der Waals surface area (Å²) in [5.41, 5.74) is 0. The third kappa shape index (κ3) is 8.96. The van der Waals surface area contributed by atoms with Crippen molar-refractivity contribution in [3.63, 3.8) is 0 Å². The summed E-state index contributed by atoms with van der Waals surface area (Å²) in [5, 5.41) is 0. The van der Waals surface area contributed by atoms with Crippen LogP contribution in [0.2, 0.25) is 0 Å². The third-order valence-corrected chi connectivity index (χ3v) is 3.26. The predicted octanol–water partition coefficient (Wildman–Crippen LogP) is 5.52. The van der Waals surface area contributed by atoms with Gasteiger partial charge in [0.25, 0.3) is 0 Å². The summed E-state index contributed by atoms with van der Waals surface area (Å²) in [6.07, 6.45) is 6.99. The summed E-state index contributed by atoms with van der Waals surface area (Å²) in [7, 11) is 0. The van der Waals surface area contributed by atoms with Crippen LogP contribution < -0.4 is 0 Å². The maximum Gasteiger partial charge on any atom is -0.0438 e. The first kappa shape index (κ1) is 15.0. The molecule has 92 valence electrons. The van der Waals surface area contributed by atoms with E-state index in [1.54, 1.807) is 0 Å². The largest absolute Gasteiger partial charge is 0.0654 e. The van der Waals surface area contributed by atoms with Crippen LogP contribution in [-0.4, -0.2) is 0 Å². The maximum atomic E-state index is 2.43. The molecule has 3 unspecified atom stereocenters. The number of rotatable bonds is 8. The minimum atomic E-state index is 0.861. The monoisotopic (exact) mass is 212 g/mol. The Morgan fingerprint density at radius 3 is 1.60 bits per heavy atom. The van der Waals surface area contributed by atoms with Crippen molar-refractivity contribution in [2.75, 3.05) is 0 Å². The molecule has 0 bridgehead atoms. The van der Waals surface area contributed by atoms with Gasteiger partial charge in [0.05, 0.1) is 0 Å². The van der Waals surface area contributed by atoms with Crippen molar-refractivity contribution in [2.45, 2.75) is 73.6 Å². The van der Waals surface area contributed by atoms with E-state index in [-0.39, 0.29) is 0 Å². The average Bonchev–Trinajstić information content (AvgIpc) is 2.00. The molecule has 0 rings (SSSR count). The molecule has 0 N–H and O–H groups in total. The van der Waals surface area contributed by atoms with Crippen LogP contribution in [0.4, 0.5) is 0 Å². The van der Waals surface area contributed by atoms with Gasteiger partial charge in [0.1, 0.15) is 0 Å². The molecule has 0 heterocycles. The number of hydrogen-bond acceptors (Lipinski definition) is 0. The quantitative estimate of drug-likeness (QED) is 0.497. The number of hydrogen-bond donors (Lipinski definition) is 0. The molecular weight excluding hydrogens is 180 g/mol. The molecule has 0 nitrogen and oxygen atoms in total. The summed E-state index contributed by atoms with van der Waals surface area (Å²) in [4.78, 5) is 0. The van der Waals surface area contributed by atoms with Crippen LogP contribution in [0, 0.1) is 23.7 Å². The van der Waals surface area contributed by atoms with E-state index < -0.39 is 0 Å². The van der Waals surface area contributed by atoms with Crippen molar-refractivity contribution < 1.29 is 0 Å². The van der Waals surface area contributed by atoms with Gasteiger partial charge in [-0.2, -0.15) is 0 Å². The first-order valence-electron chi connectivity index (χ1n) is 6.95. The fraction of sp³-hybridized carbons (Fsp3) is 1.00. The Hall–Kier alpha value is 0. The van der Waals surface area contributed by atoms with Crippen molar-refractivity contribution in [1.29, 1.82) is 0 Å². The molecule has 0 aromatic rings. The van der Waals surface area contributed by atoms with E-state index in [2.05, 4.69) is 41.5 Å². The highest BCUT2D eigenvalue weighted by Gasteiger charge is 2.12. The Balaban J connectivity index is 3.67. The second-order valence-electron chi connectivity index (χ2n) is 6.21. The molecule has 0 saturated carbocycles. The van der Waals surface area contributed by atoms with Gasteiger partial charge in [0, 0.05) is 0 Å². The first-order chi connectivity index (χ1) is 6.95. The SMILES string of the molecule is CCCC(C)CC(C)CC(C)CC(C)C. The van der Waals surface area contributed by atoms with Gasteiger partial charge in [0.2, 0.25) is 0 Å². The van der Waals surface area contributed by atoms with Gasteiger partial charge in [-0.05, 0) is 42.9 Å². The normalized spacial score (nSPS) is 17.8. The third-order valence-electron chi connectivity index (χ3n) is 3.26. The molecule has 0 saturated heterocycles. The Labute approximate surface area is 97.8 Å². The zero-order chi connectivity index (χ0) is 11.8.